The van der Waals surface area contributed by atoms with E-state index >= 15 is 0 Å². The number of rotatable bonds is 5. The van der Waals surface area contributed by atoms with Crippen molar-refractivity contribution in [3.05, 3.63) is 35.1 Å². The fourth-order valence-corrected chi connectivity index (χ4v) is 2.40. The number of halogens is 1. The summed E-state index contributed by atoms with van der Waals surface area (Å²) >= 11 is 0. The van der Waals surface area contributed by atoms with Gasteiger partial charge in [-0.05, 0) is 43.7 Å². The standard InChI is InChI=1S/C15H20FNO/c1-3-6-15(7-8-15)10-17-14(18)12-9-11(2)4-5-13(12)16/h4-5,9H,3,6-8,10H2,1-2H3,(H,17,18). The zero-order chi connectivity index (χ0) is 13.2. The van der Waals surface area contributed by atoms with Gasteiger partial charge in [-0.1, -0.05) is 25.0 Å². The van der Waals surface area contributed by atoms with Crippen LogP contribution in [0.3, 0.4) is 0 Å². The van der Waals surface area contributed by atoms with E-state index in [1.165, 1.54) is 18.9 Å². The van der Waals surface area contributed by atoms with Gasteiger partial charge in [0.25, 0.3) is 5.91 Å². The third-order valence-electron chi connectivity index (χ3n) is 3.73. The minimum Gasteiger partial charge on any atom is -0.351 e. The van der Waals surface area contributed by atoms with Gasteiger partial charge in [0.2, 0.25) is 0 Å². The van der Waals surface area contributed by atoms with E-state index in [0.29, 0.717) is 12.0 Å². The highest BCUT2D eigenvalue weighted by atomic mass is 19.1. The summed E-state index contributed by atoms with van der Waals surface area (Å²) in [5, 5.41) is 2.88. The third-order valence-corrected chi connectivity index (χ3v) is 3.73. The van der Waals surface area contributed by atoms with Gasteiger partial charge in [0.15, 0.2) is 0 Å². The van der Waals surface area contributed by atoms with Crippen LogP contribution < -0.4 is 5.32 Å². The Kier molecular flexibility index (Phi) is 3.69. The minimum atomic E-state index is -0.446. The fraction of sp³-hybridized carbons (Fsp3) is 0.533. The number of hydrogen-bond acceptors (Lipinski definition) is 1. The van der Waals surface area contributed by atoms with E-state index in [-0.39, 0.29) is 11.5 Å². The van der Waals surface area contributed by atoms with Crippen LogP contribution in [-0.4, -0.2) is 12.5 Å². The Morgan fingerprint density at radius 3 is 2.78 bits per heavy atom. The van der Waals surface area contributed by atoms with E-state index in [1.54, 1.807) is 12.1 Å². The van der Waals surface area contributed by atoms with Crippen molar-refractivity contribution in [2.45, 2.75) is 39.5 Å². The Labute approximate surface area is 108 Å². The highest BCUT2D eigenvalue weighted by Gasteiger charge is 2.41. The molecule has 1 amide bonds. The van der Waals surface area contributed by atoms with Gasteiger partial charge in [0, 0.05) is 6.54 Å². The zero-order valence-corrected chi connectivity index (χ0v) is 11.1. The van der Waals surface area contributed by atoms with Crippen LogP contribution in [-0.2, 0) is 0 Å². The van der Waals surface area contributed by atoms with Crippen LogP contribution in [0.2, 0.25) is 0 Å². The molecule has 0 aliphatic heterocycles. The maximum atomic E-state index is 13.5. The number of nitrogens with one attached hydrogen (secondary N) is 1. The van der Waals surface area contributed by atoms with Gasteiger partial charge in [0.05, 0.1) is 5.56 Å². The van der Waals surface area contributed by atoms with Crippen molar-refractivity contribution in [2.75, 3.05) is 6.54 Å². The van der Waals surface area contributed by atoms with Gasteiger partial charge in [-0.3, -0.25) is 4.79 Å². The molecule has 1 saturated carbocycles. The number of carbonyl (C=O) groups is 1. The van der Waals surface area contributed by atoms with Crippen molar-refractivity contribution in [1.82, 2.24) is 5.32 Å². The lowest BCUT2D eigenvalue weighted by molar-refractivity contribution is 0.0939. The molecular formula is C15H20FNO. The van der Waals surface area contributed by atoms with Gasteiger partial charge in [-0.2, -0.15) is 0 Å². The second-order valence-electron chi connectivity index (χ2n) is 5.42. The Bertz CT molecular complexity index is 452. The average molecular weight is 249 g/mol. The number of benzene rings is 1. The summed E-state index contributed by atoms with van der Waals surface area (Å²) in [5.74, 6) is -0.739. The molecule has 3 heteroatoms. The van der Waals surface area contributed by atoms with Crippen LogP contribution in [0.4, 0.5) is 4.39 Å². The van der Waals surface area contributed by atoms with Crippen molar-refractivity contribution in [3.63, 3.8) is 0 Å². The van der Waals surface area contributed by atoms with Crippen molar-refractivity contribution in [3.8, 4) is 0 Å². The predicted octanol–water partition coefficient (Wildman–Crippen LogP) is 3.44. The second kappa shape index (κ2) is 5.09. The molecule has 0 bridgehead atoms. The zero-order valence-electron chi connectivity index (χ0n) is 11.1. The monoisotopic (exact) mass is 249 g/mol. The van der Waals surface area contributed by atoms with Gasteiger partial charge in [-0.15, -0.1) is 0 Å². The number of carbonyl (C=O) groups excluding carboxylic acids is 1. The molecule has 1 aliphatic carbocycles. The van der Waals surface area contributed by atoms with Gasteiger partial charge < -0.3 is 5.32 Å². The lowest BCUT2D eigenvalue weighted by Gasteiger charge is -2.15. The summed E-state index contributed by atoms with van der Waals surface area (Å²) in [4.78, 5) is 11.9. The van der Waals surface area contributed by atoms with E-state index in [1.807, 2.05) is 6.92 Å². The van der Waals surface area contributed by atoms with Crippen molar-refractivity contribution < 1.29 is 9.18 Å². The Balaban J connectivity index is 1.98. The van der Waals surface area contributed by atoms with Crippen LogP contribution in [0.1, 0.15) is 48.5 Å². The first-order chi connectivity index (χ1) is 8.56. The largest absolute Gasteiger partial charge is 0.351 e. The number of hydrogen-bond donors (Lipinski definition) is 1. The fourth-order valence-electron chi connectivity index (χ4n) is 2.40. The van der Waals surface area contributed by atoms with Gasteiger partial charge in [-0.25, -0.2) is 4.39 Å². The molecule has 18 heavy (non-hydrogen) atoms. The molecule has 0 atom stereocenters. The van der Waals surface area contributed by atoms with Gasteiger partial charge >= 0.3 is 0 Å². The molecule has 1 N–H and O–H groups in total. The van der Waals surface area contributed by atoms with Crippen molar-refractivity contribution >= 4 is 5.91 Å². The van der Waals surface area contributed by atoms with E-state index in [2.05, 4.69) is 12.2 Å². The van der Waals surface area contributed by atoms with Crippen LogP contribution in [0.15, 0.2) is 18.2 Å². The molecule has 0 unspecified atom stereocenters. The molecule has 0 radical (unpaired) electrons. The summed E-state index contributed by atoms with van der Waals surface area (Å²) in [6.07, 6.45) is 4.63. The number of aryl methyl sites for hydroxylation is 1. The quantitative estimate of drug-likeness (QED) is 0.851. The SMILES string of the molecule is CCCC1(CNC(=O)c2cc(C)ccc2F)CC1. The summed E-state index contributed by atoms with van der Waals surface area (Å²) < 4.78 is 13.5. The van der Waals surface area contributed by atoms with Crippen molar-refractivity contribution in [2.24, 2.45) is 5.41 Å². The molecule has 1 aromatic carbocycles. The van der Waals surface area contributed by atoms with E-state index < -0.39 is 5.82 Å². The maximum absolute atomic E-state index is 13.5. The highest BCUT2D eigenvalue weighted by molar-refractivity contribution is 5.94. The molecule has 0 heterocycles. The molecule has 2 nitrogen and oxygen atoms in total. The lowest BCUT2D eigenvalue weighted by atomic mass is 10.0. The molecule has 0 saturated heterocycles. The summed E-state index contributed by atoms with van der Waals surface area (Å²) in [7, 11) is 0. The third kappa shape index (κ3) is 2.89. The van der Waals surface area contributed by atoms with Gasteiger partial charge in [0.1, 0.15) is 5.82 Å². The minimum absolute atomic E-state index is 0.155. The van der Waals surface area contributed by atoms with Crippen LogP contribution >= 0.6 is 0 Å². The Morgan fingerprint density at radius 1 is 1.44 bits per heavy atom. The maximum Gasteiger partial charge on any atom is 0.254 e. The molecule has 0 spiro atoms. The molecule has 1 aliphatic rings. The molecule has 2 rings (SSSR count). The smallest absolute Gasteiger partial charge is 0.254 e. The summed E-state index contributed by atoms with van der Waals surface area (Å²) in [6, 6.07) is 4.62. The van der Waals surface area contributed by atoms with E-state index in [4.69, 9.17) is 0 Å². The second-order valence-corrected chi connectivity index (χ2v) is 5.42. The first kappa shape index (κ1) is 13.1. The Hall–Kier alpha value is -1.38. The molecule has 0 aromatic heterocycles. The normalized spacial score (nSPS) is 16.4. The molecule has 98 valence electrons. The van der Waals surface area contributed by atoms with Crippen molar-refractivity contribution in [1.29, 1.82) is 0 Å². The van der Waals surface area contributed by atoms with Crippen LogP contribution in [0.25, 0.3) is 0 Å². The first-order valence-corrected chi connectivity index (χ1v) is 6.61. The average Bonchev–Trinajstić information content (AvgIpc) is 3.10. The first-order valence-electron chi connectivity index (χ1n) is 6.61. The predicted molar refractivity (Wildman–Crippen MR) is 70.0 cm³/mol. The summed E-state index contributed by atoms with van der Waals surface area (Å²) in [6.45, 7) is 4.69. The van der Waals surface area contributed by atoms with Crippen LogP contribution in [0, 0.1) is 18.2 Å². The Morgan fingerprint density at radius 2 is 2.17 bits per heavy atom. The van der Waals surface area contributed by atoms with E-state index in [0.717, 1.165) is 18.4 Å². The molecular weight excluding hydrogens is 229 g/mol. The molecule has 1 fully saturated rings. The van der Waals surface area contributed by atoms with Crippen LogP contribution in [0.5, 0.6) is 0 Å². The lowest BCUT2D eigenvalue weighted by Crippen LogP contribution is -2.30. The summed E-state index contributed by atoms with van der Waals surface area (Å²) in [5.41, 5.74) is 1.35. The highest BCUT2D eigenvalue weighted by Crippen LogP contribution is 2.48. The molecule has 1 aromatic rings. The van der Waals surface area contributed by atoms with E-state index in [9.17, 15) is 9.18 Å². The topological polar surface area (TPSA) is 29.1 Å². The number of amides is 1.